The van der Waals surface area contributed by atoms with Gasteiger partial charge >= 0.3 is 0 Å². The Balaban J connectivity index is 3.09. The number of amides is 1. The lowest BCUT2D eigenvalue weighted by molar-refractivity contribution is -0.114. The topological polar surface area (TPSA) is 86.7 Å². The molecule has 0 aliphatic carbocycles. The van der Waals surface area contributed by atoms with Crippen LogP contribution in [0.2, 0.25) is 0 Å². The van der Waals surface area contributed by atoms with Crippen LogP contribution in [0.3, 0.4) is 0 Å². The molecule has 21 heavy (non-hydrogen) atoms. The Labute approximate surface area is 125 Å². The summed E-state index contributed by atoms with van der Waals surface area (Å²) < 4.78 is 26.3. The second kappa shape index (κ2) is 7.02. The van der Waals surface area contributed by atoms with Crippen molar-refractivity contribution in [2.75, 3.05) is 18.9 Å². The van der Waals surface area contributed by atoms with Crippen molar-refractivity contribution in [3.63, 3.8) is 0 Å². The molecule has 0 radical (unpaired) electrons. The zero-order chi connectivity index (χ0) is 16.2. The molecule has 2 N–H and O–H groups in total. The normalized spacial score (nSPS) is 13.2. The standard InChI is InChI=1S/C14H22N2O4S/c1-10-5-6-13(15-12(3)18)9-14(10)21(19,20)16(4)8-7-11(2)17/h5-6,9,11,17H,7-8H2,1-4H3,(H,15,18). The predicted molar refractivity (Wildman–Crippen MR) is 81.6 cm³/mol. The van der Waals surface area contributed by atoms with E-state index in [-0.39, 0.29) is 17.3 Å². The van der Waals surface area contributed by atoms with Gasteiger partial charge in [-0.15, -0.1) is 0 Å². The molecule has 0 aliphatic rings. The van der Waals surface area contributed by atoms with Crippen LogP contribution in [-0.4, -0.2) is 43.4 Å². The van der Waals surface area contributed by atoms with Crippen molar-refractivity contribution in [1.82, 2.24) is 4.31 Å². The highest BCUT2D eigenvalue weighted by atomic mass is 32.2. The van der Waals surface area contributed by atoms with E-state index in [4.69, 9.17) is 0 Å². The molecule has 0 heterocycles. The third-order valence-electron chi connectivity index (χ3n) is 3.06. The molecule has 1 unspecified atom stereocenters. The molecule has 0 saturated heterocycles. The van der Waals surface area contributed by atoms with Crippen molar-refractivity contribution in [1.29, 1.82) is 0 Å². The number of aliphatic hydroxyl groups excluding tert-OH is 1. The molecule has 0 aromatic heterocycles. The maximum absolute atomic E-state index is 12.5. The van der Waals surface area contributed by atoms with Crippen LogP contribution in [0.25, 0.3) is 0 Å². The number of aryl methyl sites for hydroxylation is 1. The van der Waals surface area contributed by atoms with Gasteiger partial charge in [-0.25, -0.2) is 12.7 Å². The Hall–Kier alpha value is -1.44. The number of rotatable bonds is 6. The van der Waals surface area contributed by atoms with E-state index < -0.39 is 16.1 Å². The van der Waals surface area contributed by atoms with Gasteiger partial charge in [0.15, 0.2) is 0 Å². The fraction of sp³-hybridized carbons (Fsp3) is 0.500. The predicted octanol–water partition coefficient (Wildman–Crippen LogP) is 1.34. The SMILES string of the molecule is CC(=O)Nc1ccc(C)c(S(=O)(=O)N(C)CCC(C)O)c1. The van der Waals surface area contributed by atoms with Gasteiger partial charge < -0.3 is 10.4 Å². The molecule has 1 aromatic carbocycles. The van der Waals surface area contributed by atoms with Gasteiger partial charge in [-0.05, 0) is 38.0 Å². The summed E-state index contributed by atoms with van der Waals surface area (Å²) in [6.45, 7) is 4.91. The zero-order valence-corrected chi connectivity index (χ0v) is 13.6. The van der Waals surface area contributed by atoms with Crippen LogP contribution in [0.15, 0.2) is 23.1 Å². The lowest BCUT2D eigenvalue weighted by Crippen LogP contribution is -2.30. The van der Waals surface area contributed by atoms with Gasteiger partial charge in [0.2, 0.25) is 15.9 Å². The average molecular weight is 314 g/mol. The van der Waals surface area contributed by atoms with Crippen molar-refractivity contribution in [3.05, 3.63) is 23.8 Å². The Morgan fingerprint density at radius 1 is 1.43 bits per heavy atom. The minimum Gasteiger partial charge on any atom is -0.393 e. The van der Waals surface area contributed by atoms with Crippen LogP contribution in [0.4, 0.5) is 5.69 Å². The van der Waals surface area contributed by atoms with Gasteiger partial charge in [0.1, 0.15) is 0 Å². The smallest absolute Gasteiger partial charge is 0.243 e. The van der Waals surface area contributed by atoms with Crippen molar-refractivity contribution >= 4 is 21.6 Å². The van der Waals surface area contributed by atoms with Crippen LogP contribution in [0.1, 0.15) is 25.8 Å². The van der Waals surface area contributed by atoms with Crippen LogP contribution >= 0.6 is 0 Å². The summed E-state index contributed by atoms with van der Waals surface area (Å²) in [6.07, 6.45) is -0.199. The molecular formula is C14H22N2O4S. The molecule has 1 amide bonds. The third kappa shape index (κ3) is 4.80. The number of anilines is 1. The largest absolute Gasteiger partial charge is 0.393 e. The molecular weight excluding hydrogens is 292 g/mol. The molecule has 0 fully saturated rings. The summed E-state index contributed by atoms with van der Waals surface area (Å²) in [5.74, 6) is -0.260. The number of nitrogens with one attached hydrogen (secondary N) is 1. The molecule has 1 atom stereocenters. The first-order valence-corrected chi connectivity index (χ1v) is 8.11. The lowest BCUT2D eigenvalue weighted by Gasteiger charge is -2.19. The van der Waals surface area contributed by atoms with E-state index in [1.54, 1.807) is 26.0 Å². The average Bonchev–Trinajstić information content (AvgIpc) is 2.37. The fourth-order valence-electron chi connectivity index (χ4n) is 1.82. The summed E-state index contributed by atoms with van der Waals surface area (Å²) in [7, 11) is -2.18. The van der Waals surface area contributed by atoms with Gasteiger partial charge in [-0.2, -0.15) is 0 Å². The summed E-state index contributed by atoms with van der Waals surface area (Å²) in [6, 6.07) is 4.76. The van der Waals surface area contributed by atoms with E-state index in [9.17, 15) is 18.3 Å². The lowest BCUT2D eigenvalue weighted by atomic mass is 10.2. The number of sulfonamides is 1. The Kier molecular flexibility index (Phi) is 5.88. The van der Waals surface area contributed by atoms with Crippen molar-refractivity contribution < 1.29 is 18.3 Å². The molecule has 0 spiro atoms. The van der Waals surface area contributed by atoms with E-state index in [1.165, 1.54) is 24.3 Å². The third-order valence-corrected chi connectivity index (χ3v) is 5.06. The Morgan fingerprint density at radius 2 is 2.05 bits per heavy atom. The number of aliphatic hydroxyl groups is 1. The quantitative estimate of drug-likeness (QED) is 0.829. The number of carbonyl (C=O) groups is 1. The van der Waals surface area contributed by atoms with E-state index in [0.717, 1.165) is 0 Å². The Bertz CT molecular complexity index is 611. The highest BCUT2D eigenvalue weighted by Crippen LogP contribution is 2.23. The number of hydrogen-bond donors (Lipinski definition) is 2. The molecule has 0 saturated carbocycles. The summed E-state index contributed by atoms with van der Waals surface area (Å²) >= 11 is 0. The van der Waals surface area contributed by atoms with E-state index >= 15 is 0 Å². The molecule has 7 heteroatoms. The summed E-state index contributed by atoms with van der Waals surface area (Å²) in [5, 5.41) is 11.8. The molecule has 0 aliphatic heterocycles. The highest BCUT2D eigenvalue weighted by molar-refractivity contribution is 7.89. The van der Waals surface area contributed by atoms with Crippen LogP contribution < -0.4 is 5.32 Å². The van der Waals surface area contributed by atoms with Gasteiger partial charge in [0, 0.05) is 26.2 Å². The first kappa shape index (κ1) is 17.6. The van der Waals surface area contributed by atoms with Gasteiger partial charge in [-0.1, -0.05) is 6.07 Å². The monoisotopic (exact) mass is 314 g/mol. The Morgan fingerprint density at radius 3 is 2.57 bits per heavy atom. The van der Waals surface area contributed by atoms with E-state index in [0.29, 0.717) is 17.7 Å². The number of hydrogen-bond acceptors (Lipinski definition) is 4. The molecule has 0 bridgehead atoms. The molecule has 1 aromatic rings. The van der Waals surface area contributed by atoms with Crippen LogP contribution in [0, 0.1) is 6.92 Å². The first-order chi connectivity index (χ1) is 9.64. The summed E-state index contributed by atoms with van der Waals surface area (Å²) in [4.78, 5) is 11.2. The zero-order valence-electron chi connectivity index (χ0n) is 12.8. The maximum atomic E-state index is 12.5. The van der Waals surface area contributed by atoms with Gasteiger partial charge in [0.25, 0.3) is 0 Å². The van der Waals surface area contributed by atoms with Crippen molar-refractivity contribution in [3.8, 4) is 0 Å². The second-order valence-corrected chi connectivity index (χ2v) is 7.14. The number of carbonyl (C=O) groups excluding carboxylic acids is 1. The molecule has 1 rings (SSSR count). The van der Waals surface area contributed by atoms with Crippen LogP contribution in [0.5, 0.6) is 0 Å². The van der Waals surface area contributed by atoms with E-state index in [1.807, 2.05) is 0 Å². The minimum absolute atomic E-state index is 0.154. The highest BCUT2D eigenvalue weighted by Gasteiger charge is 2.23. The maximum Gasteiger partial charge on any atom is 0.243 e. The summed E-state index contributed by atoms with van der Waals surface area (Å²) in [5.41, 5.74) is 1.05. The van der Waals surface area contributed by atoms with Crippen molar-refractivity contribution in [2.45, 2.75) is 38.2 Å². The number of nitrogens with zero attached hydrogens (tertiary/aromatic N) is 1. The second-order valence-electron chi connectivity index (χ2n) is 5.13. The minimum atomic E-state index is -3.65. The van der Waals surface area contributed by atoms with Gasteiger partial charge in [-0.3, -0.25) is 4.79 Å². The van der Waals surface area contributed by atoms with Crippen molar-refractivity contribution in [2.24, 2.45) is 0 Å². The number of benzene rings is 1. The fourth-order valence-corrected chi connectivity index (χ4v) is 3.25. The van der Waals surface area contributed by atoms with Gasteiger partial charge in [0.05, 0.1) is 11.0 Å². The molecule has 118 valence electrons. The molecule has 6 nitrogen and oxygen atoms in total. The van der Waals surface area contributed by atoms with Crippen LogP contribution in [-0.2, 0) is 14.8 Å². The van der Waals surface area contributed by atoms with E-state index in [2.05, 4.69) is 5.32 Å². The first-order valence-electron chi connectivity index (χ1n) is 6.67.